The Morgan fingerprint density at radius 1 is 0.862 bits per heavy atom. The van der Waals surface area contributed by atoms with Crippen molar-refractivity contribution in [3.05, 3.63) is 88.1 Å². The van der Waals surface area contributed by atoms with Crippen molar-refractivity contribution in [2.75, 3.05) is 71.0 Å². The topological polar surface area (TPSA) is 262 Å². The lowest BCUT2D eigenvalue weighted by molar-refractivity contribution is -0.388. The Bertz CT molecular complexity index is 2260. The van der Waals surface area contributed by atoms with Gasteiger partial charge in [-0.25, -0.2) is 14.6 Å². The first kappa shape index (κ1) is 49.8. The smallest absolute Gasteiger partial charge is 0.411 e. The van der Waals surface area contributed by atoms with E-state index in [-0.39, 0.29) is 108 Å². The molecule has 0 aliphatic carbocycles. The van der Waals surface area contributed by atoms with Crippen LogP contribution < -0.4 is 29.6 Å². The second kappa shape index (κ2) is 23.6. The van der Waals surface area contributed by atoms with E-state index >= 15 is 0 Å². The molecular weight excluding hydrogens is 889 g/mol. The molecule has 2 aromatic carbocycles. The highest BCUT2D eigenvalue weighted by molar-refractivity contribution is 8.77. The van der Waals surface area contributed by atoms with E-state index < -0.39 is 41.0 Å². The Morgan fingerprint density at radius 2 is 1.38 bits per heavy atom. The molecule has 0 radical (unpaired) electrons. The number of nitro groups is 1. The molecule has 4 amide bonds. The first-order chi connectivity index (χ1) is 31.2. The Hall–Kier alpha value is -6.23. The maximum absolute atomic E-state index is 14.0. The predicted molar refractivity (Wildman–Crippen MR) is 243 cm³/mol. The van der Waals surface area contributed by atoms with Crippen molar-refractivity contribution < 1.29 is 63.1 Å². The fraction of sp³-hybridized carbons (Fsp3) is 0.419. The second-order valence-electron chi connectivity index (χ2n) is 15.0. The normalized spacial score (nSPS) is 16.2. The van der Waals surface area contributed by atoms with Crippen LogP contribution in [0.4, 0.5) is 26.7 Å². The third-order valence-corrected chi connectivity index (χ3v) is 13.0. The molecule has 3 heterocycles. The van der Waals surface area contributed by atoms with E-state index in [2.05, 4.69) is 28.8 Å². The standard InChI is InChI=1S/C43H52N6O14S2/c1-25-14-28(22-50)47(20-25)40(52)30-16-35(59-4)37(18-32(30)45-42(54)55)61-12-7-6-8-13-62-38-19-33(31(17-36(38)60-5)41(53)48-21-26(2)15-29(48)23-51)46-43(56)63-24-27(3)64-65-39-34(49(57)58)10-9-11-44-39/h9-11,16-19,27-29,45,50-51H,1-2,6-8,12-15,20-24H2,3-5H3,(H,46,56)(H,54,55). The predicted octanol–water partition coefficient (Wildman–Crippen LogP) is 6.63. The zero-order valence-electron chi connectivity index (χ0n) is 36.1. The van der Waals surface area contributed by atoms with Crippen LogP contribution in [0.2, 0.25) is 0 Å². The molecule has 3 atom stereocenters. The number of hydrogen-bond acceptors (Lipinski definition) is 16. The molecule has 350 valence electrons. The number of methoxy groups -OCH3 is 2. The van der Waals surface area contributed by atoms with Gasteiger partial charge in [-0.1, -0.05) is 35.1 Å². The highest BCUT2D eigenvalue weighted by Crippen LogP contribution is 2.40. The van der Waals surface area contributed by atoms with Gasteiger partial charge in [0.05, 0.1) is 80.2 Å². The number of ether oxygens (including phenoxy) is 5. The number of pyridine rings is 1. The van der Waals surface area contributed by atoms with Gasteiger partial charge in [-0.15, -0.1) is 0 Å². The molecule has 3 aromatic rings. The summed E-state index contributed by atoms with van der Waals surface area (Å²) < 4.78 is 28.6. The summed E-state index contributed by atoms with van der Waals surface area (Å²) in [7, 11) is 5.11. The van der Waals surface area contributed by atoms with Crippen LogP contribution in [0.15, 0.2) is 71.9 Å². The average molecular weight is 941 g/mol. The number of aliphatic hydroxyl groups excluding tert-OH is 2. The number of aliphatic hydroxyl groups is 2. The van der Waals surface area contributed by atoms with Crippen LogP contribution in [0.25, 0.3) is 0 Å². The fourth-order valence-electron chi connectivity index (χ4n) is 7.03. The maximum Gasteiger partial charge on any atom is 0.411 e. The summed E-state index contributed by atoms with van der Waals surface area (Å²) >= 11 is 0. The van der Waals surface area contributed by atoms with E-state index in [9.17, 15) is 44.6 Å². The van der Waals surface area contributed by atoms with Gasteiger partial charge < -0.3 is 48.8 Å². The van der Waals surface area contributed by atoms with Gasteiger partial charge in [0.15, 0.2) is 28.0 Å². The number of hydrogen-bond donors (Lipinski definition) is 5. The minimum atomic E-state index is -1.39. The van der Waals surface area contributed by atoms with Gasteiger partial charge in [0.2, 0.25) is 0 Å². The van der Waals surface area contributed by atoms with Crippen LogP contribution in [0, 0.1) is 10.1 Å². The van der Waals surface area contributed by atoms with Crippen molar-refractivity contribution in [1.29, 1.82) is 0 Å². The number of likely N-dealkylation sites (tertiary alicyclic amines) is 2. The molecule has 0 spiro atoms. The van der Waals surface area contributed by atoms with Gasteiger partial charge in [0.25, 0.3) is 11.8 Å². The van der Waals surface area contributed by atoms with Crippen LogP contribution in [-0.4, -0.2) is 137 Å². The molecular formula is C43H52N6O14S2. The van der Waals surface area contributed by atoms with E-state index in [1.807, 2.05) is 0 Å². The van der Waals surface area contributed by atoms with Crippen molar-refractivity contribution in [2.45, 2.75) is 61.4 Å². The first-order valence-electron chi connectivity index (χ1n) is 20.4. The molecule has 22 heteroatoms. The zero-order chi connectivity index (χ0) is 47.2. The highest BCUT2D eigenvalue weighted by atomic mass is 33.1. The average Bonchev–Trinajstić information content (AvgIpc) is 3.87. The second-order valence-corrected chi connectivity index (χ2v) is 17.7. The Morgan fingerprint density at radius 3 is 1.86 bits per heavy atom. The number of nitrogens with one attached hydrogen (secondary N) is 2. The number of carbonyl (C=O) groups excluding carboxylic acids is 3. The number of rotatable bonds is 22. The van der Waals surface area contributed by atoms with Gasteiger partial charge in [0.1, 0.15) is 6.61 Å². The van der Waals surface area contributed by atoms with Crippen LogP contribution in [0.3, 0.4) is 0 Å². The number of unbranched alkanes of at least 4 members (excludes halogenated alkanes) is 2. The van der Waals surface area contributed by atoms with Crippen LogP contribution in [-0.2, 0) is 4.74 Å². The molecule has 1 aromatic heterocycles. The number of carboxylic acid groups (broad SMARTS) is 1. The van der Waals surface area contributed by atoms with Gasteiger partial charge in [-0.05, 0) is 68.0 Å². The SMILES string of the molecule is C=C1CC(CO)N(C(=O)c2cc(OC)c(OCCCCCOc3cc(NC(=O)OCC(C)SSc4ncccc4[N+](=O)[O-])c(C(=O)N4CC(=C)CC4CO)cc3OC)cc2NC(=O)O)C1. The summed E-state index contributed by atoms with van der Waals surface area (Å²) in [6.07, 6.45) is 1.71. The van der Waals surface area contributed by atoms with Crippen molar-refractivity contribution in [3.63, 3.8) is 0 Å². The molecule has 2 aliphatic heterocycles. The van der Waals surface area contributed by atoms with Crippen LogP contribution >= 0.6 is 21.6 Å². The lowest BCUT2D eigenvalue weighted by Gasteiger charge is -2.25. The summed E-state index contributed by atoms with van der Waals surface area (Å²) in [6.45, 7) is 9.82. The lowest BCUT2D eigenvalue weighted by atomic mass is 10.1. The van der Waals surface area contributed by atoms with Gasteiger partial charge >= 0.3 is 17.9 Å². The van der Waals surface area contributed by atoms with E-state index in [0.717, 1.165) is 21.9 Å². The van der Waals surface area contributed by atoms with E-state index in [1.54, 1.807) is 6.92 Å². The summed E-state index contributed by atoms with van der Waals surface area (Å²) in [5.74, 6) is -0.147. The number of anilines is 2. The van der Waals surface area contributed by atoms with Gasteiger partial charge in [0, 0.05) is 42.7 Å². The zero-order valence-corrected chi connectivity index (χ0v) is 37.7. The highest BCUT2D eigenvalue weighted by Gasteiger charge is 2.35. The number of benzene rings is 2. The summed E-state index contributed by atoms with van der Waals surface area (Å²) in [6, 6.07) is 7.50. The third kappa shape index (κ3) is 13.2. The first-order valence-corrected chi connectivity index (χ1v) is 22.6. The van der Waals surface area contributed by atoms with Crippen LogP contribution in [0.5, 0.6) is 23.0 Å². The Labute approximate surface area is 382 Å². The Kier molecular flexibility index (Phi) is 18.1. The van der Waals surface area contributed by atoms with Gasteiger partial charge in [-0.3, -0.25) is 30.3 Å². The molecule has 20 nitrogen and oxygen atoms in total. The number of amides is 4. The monoisotopic (exact) mass is 940 g/mol. The van der Waals surface area contributed by atoms with E-state index in [4.69, 9.17) is 23.7 Å². The molecule has 2 saturated heterocycles. The molecule has 3 unspecified atom stereocenters. The minimum Gasteiger partial charge on any atom is -0.493 e. The molecule has 0 saturated carbocycles. The minimum absolute atomic E-state index is 0.0110. The van der Waals surface area contributed by atoms with Crippen molar-refractivity contribution >= 4 is 62.7 Å². The van der Waals surface area contributed by atoms with E-state index in [0.29, 0.717) is 32.1 Å². The number of carbonyl (C=O) groups is 4. The molecule has 2 aliphatic rings. The van der Waals surface area contributed by atoms with Crippen molar-refractivity contribution in [3.8, 4) is 23.0 Å². The molecule has 65 heavy (non-hydrogen) atoms. The quantitative estimate of drug-likeness (QED) is 0.0233. The Balaban J connectivity index is 1.21. The third-order valence-electron chi connectivity index (χ3n) is 10.2. The fourth-order valence-corrected chi connectivity index (χ4v) is 9.06. The van der Waals surface area contributed by atoms with Crippen LogP contribution in [0.1, 0.15) is 59.7 Å². The molecule has 5 rings (SSSR count). The molecule has 5 N–H and O–H groups in total. The lowest BCUT2D eigenvalue weighted by Crippen LogP contribution is -2.38. The number of nitrogens with zero attached hydrogens (tertiary/aromatic N) is 4. The van der Waals surface area contributed by atoms with Gasteiger partial charge in [-0.2, -0.15) is 0 Å². The maximum atomic E-state index is 14.0. The summed E-state index contributed by atoms with van der Waals surface area (Å²) in [5.41, 5.74) is 1.52. The molecule has 0 bridgehead atoms. The molecule has 2 fully saturated rings. The number of aromatic nitrogens is 1. The summed E-state index contributed by atoms with van der Waals surface area (Å²) in [5, 5.41) is 45.5. The van der Waals surface area contributed by atoms with Crippen molar-refractivity contribution in [1.82, 2.24) is 14.8 Å². The van der Waals surface area contributed by atoms with Crippen molar-refractivity contribution in [2.24, 2.45) is 0 Å². The largest absolute Gasteiger partial charge is 0.493 e. The summed E-state index contributed by atoms with van der Waals surface area (Å²) in [4.78, 5) is 70.2. The van der Waals surface area contributed by atoms with E-state index in [1.165, 1.54) is 77.4 Å².